The number of nitrogens with zero attached hydrogens (tertiary/aromatic N) is 1. The van der Waals surface area contributed by atoms with Crippen LogP contribution in [0.15, 0.2) is 29.4 Å². The zero-order valence-corrected chi connectivity index (χ0v) is 13.4. The maximum Gasteiger partial charge on any atom is 0.340 e. The van der Waals surface area contributed by atoms with Crippen molar-refractivity contribution in [2.75, 3.05) is 12.0 Å². The molecule has 116 valence electrons. The molecule has 5 heteroatoms. The van der Waals surface area contributed by atoms with Gasteiger partial charge in [-0.15, -0.1) is 0 Å². The van der Waals surface area contributed by atoms with E-state index in [2.05, 4.69) is 15.5 Å². The average Bonchev–Trinajstić information content (AvgIpc) is 2.74. The number of aryl methyl sites for hydroxylation is 2. The van der Waals surface area contributed by atoms with Crippen LogP contribution in [0.1, 0.15) is 39.8 Å². The Balaban J connectivity index is 2.15. The molecule has 2 N–H and O–H groups in total. The summed E-state index contributed by atoms with van der Waals surface area (Å²) in [5.74, 6) is -0.306. The first-order valence-electron chi connectivity index (χ1n) is 7.25. The molecule has 2 rings (SSSR count). The fourth-order valence-corrected chi connectivity index (χ4v) is 2.30. The molecule has 22 heavy (non-hydrogen) atoms. The van der Waals surface area contributed by atoms with E-state index in [4.69, 9.17) is 4.74 Å². The molecule has 0 amide bonds. The second kappa shape index (κ2) is 6.93. The molecule has 0 aliphatic carbocycles. The van der Waals surface area contributed by atoms with Crippen LogP contribution >= 0.6 is 0 Å². The second-order valence-electron chi connectivity index (χ2n) is 5.12. The molecule has 0 aliphatic rings. The summed E-state index contributed by atoms with van der Waals surface area (Å²) in [7, 11) is 0. The Morgan fingerprint density at radius 1 is 1.36 bits per heavy atom. The summed E-state index contributed by atoms with van der Waals surface area (Å²) in [6, 6.07) is 7.95. The molecule has 0 bridgehead atoms. The van der Waals surface area contributed by atoms with Gasteiger partial charge in [-0.25, -0.2) is 4.79 Å². The van der Waals surface area contributed by atoms with Crippen molar-refractivity contribution in [3.8, 4) is 0 Å². The summed E-state index contributed by atoms with van der Waals surface area (Å²) in [4.78, 5) is 15.1. The topological polar surface area (TPSA) is 66.5 Å². The number of hydrazone groups is 1. The molecule has 0 unspecified atom stereocenters. The van der Waals surface area contributed by atoms with Crippen LogP contribution in [0, 0.1) is 20.8 Å². The van der Waals surface area contributed by atoms with Crippen LogP contribution in [0.4, 0.5) is 5.69 Å². The smallest absolute Gasteiger partial charge is 0.340 e. The van der Waals surface area contributed by atoms with Gasteiger partial charge >= 0.3 is 5.97 Å². The quantitative estimate of drug-likeness (QED) is 0.504. The van der Waals surface area contributed by atoms with E-state index in [1.54, 1.807) is 13.1 Å². The number of carbonyl (C=O) groups is 1. The molecule has 0 atom stereocenters. The highest BCUT2D eigenvalue weighted by atomic mass is 16.5. The lowest BCUT2D eigenvalue weighted by atomic mass is 10.1. The lowest BCUT2D eigenvalue weighted by Gasteiger charge is -2.02. The largest absolute Gasteiger partial charge is 0.462 e. The highest BCUT2D eigenvalue weighted by Gasteiger charge is 2.18. The van der Waals surface area contributed by atoms with Crippen molar-refractivity contribution in [3.05, 3.63) is 52.3 Å². The number of anilines is 1. The fourth-order valence-electron chi connectivity index (χ4n) is 2.30. The van der Waals surface area contributed by atoms with Crippen LogP contribution < -0.4 is 5.43 Å². The Bertz CT molecular complexity index is 702. The summed E-state index contributed by atoms with van der Waals surface area (Å²) >= 11 is 0. The lowest BCUT2D eigenvalue weighted by Crippen LogP contribution is -2.06. The number of H-pyrrole nitrogens is 1. The lowest BCUT2D eigenvalue weighted by molar-refractivity contribution is 0.0525. The van der Waals surface area contributed by atoms with E-state index in [1.807, 2.05) is 45.0 Å². The zero-order chi connectivity index (χ0) is 16.1. The average molecular weight is 299 g/mol. The Morgan fingerprint density at radius 2 is 2.14 bits per heavy atom. The van der Waals surface area contributed by atoms with Gasteiger partial charge in [-0.1, -0.05) is 12.1 Å². The Labute approximate surface area is 130 Å². The summed E-state index contributed by atoms with van der Waals surface area (Å²) in [5.41, 5.74) is 8.06. The number of nitrogens with one attached hydrogen (secondary N) is 2. The van der Waals surface area contributed by atoms with Gasteiger partial charge in [0.05, 0.1) is 29.8 Å². The van der Waals surface area contributed by atoms with Gasteiger partial charge in [0.25, 0.3) is 0 Å². The van der Waals surface area contributed by atoms with Crippen molar-refractivity contribution in [2.24, 2.45) is 5.10 Å². The molecule has 0 spiro atoms. The summed E-state index contributed by atoms with van der Waals surface area (Å²) in [5, 5.41) is 4.22. The van der Waals surface area contributed by atoms with Gasteiger partial charge in [0, 0.05) is 5.69 Å². The molecule has 2 aromatic rings. The van der Waals surface area contributed by atoms with Crippen LogP contribution in [-0.4, -0.2) is 23.8 Å². The number of hydrogen-bond acceptors (Lipinski definition) is 4. The maximum atomic E-state index is 11.9. The molecular weight excluding hydrogens is 278 g/mol. The molecule has 0 radical (unpaired) electrons. The normalized spacial score (nSPS) is 10.9. The van der Waals surface area contributed by atoms with E-state index in [0.717, 1.165) is 28.2 Å². The highest BCUT2D eigenvalue weighted by Crippen LogP contribution is 2.18. The molecule has 5 nitrogen and oxygen atoms in total. The zero-order valence-electron chi connectivity index (χ0n) is 13.4. The standard InChI is InChI=1S/C17H21N3O2/c1-5-22-17(21)16-12(3)15(19-13(16)4)10-18-20-14-8-6-7-11(2)9-14/h6-10,19-20H,5H2,1-4H3/b18-10+. The number of benzene rings is 1. The first-order chi connectivity index (χ1) is 10.5. The van der Waals surface area contributed by atoms with Crippen molar-refractivity contribution in [1.29, 1.82) is 0 Å². The van der Waals surface area contributed by atoms with Crippen LogP contribution in [0.2, 0.25) is 0 Å². The third-order valence-electron chi connectivity index (χ3n) is 3.36. The van der Waals surface area contributed by atoms with Crippen LogP contribution in [-0.2, 0) is 4.74 Å². The van der Waals surface area contributed by atoms with E-state index in [0.29, 0.717) is 12.2 Å². The summed E-state index contributed by atoms with van der Waals surface area (Å²) in [6.07, 6.45) is 1.67. The van der Waals surface area contributed by atoms with Crippen LogP contribution in [0.25, 0.3) is 0 Å². The number of aromatic amines is 1. The number of hydrogen-bond donors (Lipinski definition) is 2. The first-order valence-corrected chi connectivity index (χ1v) is 7.25. The number of esters is 1. The number of aromatic nitrogens is 1. The number of ether oxygens (including phenoxy) is 1. The van der Waals surface area contributed by atoms with Gasteiger partial charge in [-0.3, -0.25) is 5.43 Å². The summed E-state index contributed by atoms with van der Waals surface area (Å²) < 4.78 is 5.07. The molecule has 0 saturated carbocycles. The highest BCUT2D eigenvalue weighted by molar-refractivity contribution is 5.96. The minimum Gasteiger partial charge on any atom is -0.462 e. The van der Waals surface area contributed by atoms with Crippen molar-refractivity contribution in [3.63, 3.8) is 0 Å². The van der Waals surface area contributed by atoms with E-state index >= 15 is 0 Å². The number of rotatable bonds is 5. The Kier molecular flexibility index (Phi) is 4.99. The van der Waals surface area contributed by atoms with Gasteiger partial charge in [-0.2, -0.15) is 5.10 Å². The fraction of sp³-hybridized carbons (Fsp3) is 0.294. The summed E-state index contributed by atoms with van der Waals surface area (Å²) in [6.45, 7) is 7.91. The van der Waals surface area contributed by atoms with E-state index in [9.17, 15) is 4.79 Å². The molecule has 0 fully saturated rings. The molecule has 0 saturated heterocycles. The van der Waals surface area contributed by atoms with Gasteiger partial charge in [0.2, 0.25) is 0 Å². The van der Waals surface area contributed by atoms with Crippen molar-refractivity contribution >= 4 is 17.9 Å². The second-order valence-corrected chi connectivity index (χ2v) is 5.12. The SMILES string of the molecule is CCOC(=O)c1c(C)[nH]c(/C=N/Nc2cccc(C)c2)c1C. The third kappa shape index (κ3) is 3.55. The first kappa shape index (κ1) is 15.8. The van der Waals surface area contributed by atoms with Gasteiger partial charge in [-0.05, 0) is 51.0 Å². The molecule has 0 aliphatic heterocycles. The molecule has 1 heterocycles. The van der Waals surface area contributed by atoms with Crippen LogP contribution in [0.3, 0.4) is 0 Å². The molecule has 1 aromatic heterocycles. The minimum atomic E-state index is -0.306. The van der Waals surface area contributed by atoms with E-state index in [1.165, 1.54) is 0 Å². The minimum absolute atomic E-state index is 0.306. The Hall–Kier alpha value is -2.56. The van der Waals surface area contributed by atoms with Crippen molar-refractivity contribution in [2.45, 2.75) is 27.7 Å². The van der Waals surface area contributed by atoms with Crippen molar-refractivity contribution < 1.29 is 9.53 Å². The number of carbonyl (C=O) groups excluding carboxylic acids is 1. The van der Waals surface area contributed by atoms with Gasteiger partial charge in [0.1, 0.15) is 0 Å². The molecular formula is C17H21N3O2. The monoisotopic (exact) mass is 299 g/mol. The van der Waals surface area contributed by atoms with E-state index in [-0.39, 0.29) is 5.97 Å². The van der Waals surface area contributed by atoms with Crippen molar-refractivity contribution in [1.82, 2.24) is 4.98 Å². The van der Waals surface area contributed by atoms with Gasteiger partial charge in [0.15, 0.2) is 0 Å². The Morgan fingerprint density at radius 3 is 2.82 bits per heavy atom. The molecule has 1 aromatic carbocycles. The van der Waals surface area contributed by atoms with Crippen LogP contribution in [0.5, 0.6) is 0 Å². The maximum absolute atomic E-state index is 11.9. The predicted octanol–water partition coefficient (Wildman–Crippen LogP) is 3.56. The predicted molar refractivity (Wildman–Crippen MR) is 88.6 cm³/mol. The third-order valence-corrected chi connectivity index (χ3v) is 3.36. The van der Waals surface area contributed by atoms with E-state index < -0.39 is 0 Å². The van der Waals surface area contributed by atoms with Gasteiger partial charge < -0.3 is 9.72 Å².